The molecule has 1 aromatic carbocycles. The zero-order valence-electron chi connectivity index (χ0n) is 17.6. The van der Waals surface area contributed by atoms with E-state index in [1.807, 2.05) is 46.8 Å². The van der Waals surface area contributed by atoms with E-state index in [2.05, 4.69) is 27.6 Å². The maximum Gasteiger partial charge on any atom is 0.229 e. The second-order valence-corrected chi connectivity index (χ2v) is 7.18. The first-order valence-electron chi connectivity index (χ1n) is 9.88. The van der Waals surface area contributed by atoms with E-state index in [0.717, 1.165) is 29.2 Å². The van der Waals surface area contributed by atoms with Crippen LogP contribution in [0.3, 0.4) is 0 Å². The predicted molar refractivity (Wildman–Crippen MR) is 114 cm³/mol. The van der Waals surface area contributed by atoms with Gasteiger partial charge in [-0.25, -0.2) is 0 Å². The number of para-hydroxylation sites is 1. The number of guanidine groups is 1. The summed E-state index contributed by atoms with van der Waals surface area (Å²) < 4.78 is 7.12. The Balaban J connectivity index is 1.58. The fourth-order valence-corrected chi connectivity index (χ4v) is 3.61. The van der Waals surface area contributed by atoms with Gasteiger partial charge in [-0.05, 0) is 26.0 Å². The van der Waals surface area contributed by atoms with Crippen molar-refractivity contribution in [1.82, 2.24) is 20.4 Å². The van der Waals surface area contributed by atoms with Gasteiger partial charge >= 0.3 is 0 Å². The minimum absolute atomic E-state index is 0.0144. The molecular formula is C21H30N6O2. The highest BCUT2D eigenvalue weighted by Gasteiger charge is 2.31. The van der Waals surface area contributed by atoms with Gasteiger partial charge in [-0.1, -0.05) is 18.2 Å². The standard InChI is InChI=1S/C21H30N6O2/c1-15-19(16(2)27(25-15)10-11-29-4)13-23-21(22-3)24-17-12-20(28)26(14-17)18-8-6-5-7-9-18/h5-9,17H,10-14H2,1-4H3,(H2,22,23,24). The van der Waals surface area contributed by atoms with Crippen LogP contribution in [-0.4, -0.2) is 55.0 Å². The van der Waals surface area contributed by atoms with Gasteiger partial charge < -0.3 is 20.3 Å². The van der Waals surface area contributed by atoms with Crippen LogP contribution in [-0.2, 0) is 22.6 Å². The number of anilines is 1. The number of carbonyl (C=O) groups is 1. The highest BCUT2D eigenvalue weighted by molar-refractivity contribution is 5.97. The van der Waals surface area contributed by atoms with Gasteiger partial charge in [0.2, 0.25) is 5.91 Å². The third kappa shape index (κ3) is 4.95. The SMILES string of the molecule is CN=C(NCc1c(C)nn(CCOC)c1C)NC1CC(=O)N(c2ccccc2)C1. The van der Waals surface area contributed by atoms with Gasteiger partial charge in [-0.2, -0.15) is 5.10 Å². The topological polar surface area (TPSA) is 83.8 Å². The van der Waals surface area contributed by atoms with Gasteiger partial charge in [0.25, 0.3) is 0 Å². The normalized spacial score (nSPS) is 17.1. The Hall–Kier alpha value is -2.87. The van der Waals surface area contributed by atoms with E-state index in [0.29, 0.717) is 32.1 Å². The maximum atomic E-state index is 12.4. The number of amides is 1. The van der Waals surface area contributed by atoms with Crippen molar-refractivity contribution in [3.05, 3.63) is 47.3 Å². The Morgan fingerprint density at radius 1 is 1.31 bits per heavy atom. The maximum absolute atomic E-state index is 12.4. The summed E-state index contributed by atoms with van der Waals surface area (Å²) in [5.74, 6) is 0.802. The Morgan fingerprint density at radius 3 is 2.76 bits per heavy atom. The van der Waals surface area contributed by atoms with Crippen LogP contribution >= 0.6 is 0 Å². The number of rotatable bonds is 7. The molecule has 1 unspecified atom stereocenters. The number of nitrogens with zero attached hydrogens (tertiary/aromatic N) is 4. The van der Waals surface area contributed by atoms with Crippen molar-refractivity contribution in [2.75, 3.05) is 32.2 Å². The molecule has 0 radical (unpaired) electrons. The van der Waals surface area contributed by atoms with Gasteiger partial charge in [-0.15, -0.1) is 0 Å². The van der Waals surface area contributed by atoms with E-state index < -0.39 is 0 Å². The van der Waals surface area contributed by atoms with Gasteiger partial charge in [0.05, 0.1) is 24.9 Å². The summed E-state index contributed by atoms with van der Waals surface area (Å²) >= 11 is 0. The van der Waals surface area contributed by atoms with E-state index in [9.17, 15) is 4.79 Å². The summed E-state index contributed by atoms with van der Waals surface area (Å²) in [4.78, 5) is 18.6. The van der Waals surface area contributed by atoms with Crippen molar-refractivity contribution in [2.45, 2.75) is 39.4 Å². The molecule has 1 saturated heterocycles. The fourth-order valence-electron chi connectivity index (χ4n) is 3.61. The third-order valence-electron chi connectivity index (χ3n) is 5.23. The average Bonchev–Trinajstić information content (AvgIpc) is 3.23. The Morgan fingerprint density at radius 2 is 2.07 bits per heavy atom. The van der Waals surface area contributed by atoms with Crippen molar-refractivity contribution < 1.29 is 9.53 Å². The van der Waals surface area contributed by atoms with E-state index in [4.69, 9.17) is 4.74 Å². The Labute approximate surface area is 171 Å². The summed E-state index contributed by atoms with van der Waals surface area (Å²) in [7, 11) is 3.43. The van der Waals surface area contributed by atoms with E-state index in [1.54, 1.807) is 14.2 Å². The fraction of sp³-hybridized carbons (Fsp3) is 0.476. The van der Waals surface area contributed by atoms with Crippen molar-refractivity contribution >= 4 is 17.6 Å². The number of ether oxygens (including phenoxy) is 1. The lowest BCUT2D eigenvalue weighted by atomic mass is 10.2. The molecule has 156 valence electrons. The molecular weight excluding hydrogens is 368 g/mol. The van der Waals surface area contributed by atoms with Crippen LogP contribution in [0.2, 0.25) is 0 Å². The first kappa shape index (κ1) is 20.9. The first-order valence-corrected chi connectivity index (χ1v) is 9.88. The number of benzene rings is 1. The van der Waals surface area contributed by atoms with E-state index >= 15 is 0 Å². The number of aliphatic imine (C=N–C) groups is 1. The van der Waals surface area contributed by atoms with Gasteiger partial charge in [0.1, 0.15) is 0 Å². The lowest BCUT2D eigenvalue weighted by molar-refractivity contribution is -0.117. The van der Waals surface area contributed by atoms with Crippen molar-refractivity contribution in [3.8, 4) is 0 Å². The molecule has 8 heteroatoms. The number of aromatic nitrogens is 2. The molecule has 1 aliphatic heterocycles. The molecule has 2 aromatic rings. The summed E-state index contributed by atoms with van der Waals surface area (Å²) in [6.45, 7) is 6.68. The van der Waals surface area contributed by atoms with E-state index in [-0.39, 0.29) is 11.9 Å². The Bertz CT molecular complexity index is 862. The van der Waals surface area contributed by atoms with Gasteiger partial charge in [0, 0.05) is 50.6 Å². The molecule has 1 atom stereocenters. The molecule has 1 aliphatic rings. The second kappa shape index (κ2) is 9.56. The van der Waals surface area contributed by atoms with E-state index in [1.165, 1.54) is 0 Å². The van der Waals surface area contributed by atoms with Crippen LogP contribution < -0.4 is 15.5 Å². The molecule has 2 N–H and O–H groups in total. The molecule has 0 bridgehead atoms. The quantitative estimate of drug-likeness (QED) is 0.547. The molecule has 2 heterocycles. The molecule has 1 aromatic heterocycles. The predicted octanol–water partition coefficient (Wildman–Crippen LogP) is 1.62. The van der Waals surface area contributed by atoms with Crippen LogP contribution in [0, 0.1) is 13.8 Å². The number of methoxy groups -OCH3 is 1. The summed E-state index contributed by atoms with van der Waals surface area (Å²) in [5, 5.41) is 11.3. The average molecular weight is 399 g/mol. The molecule has 3 rings (SSSR count). The number of nitrogens with one attached hydrogen (secondary N) is 2. The largest absolute Gasteiger partial charge is 0.383 e. The molecule has 1 fully saturated rings. The van der Waals surface area contributed by atoms with Crippen molar-refractivity contribution in [3.63, 3.8) is 0 Å². The minimum atomic E-state index is 0.0144. The van der Waals surface area contributed by atoms with Crippen LogP contribution in [0.25, 0.3) is 0 Å². The monoisotopic (exact) mass is 398 g/mol. The van der Waals surface area contributed by atoms with Crippen LogP contribution in [0.4, 0.5) is 5.69 Å². The molecule has 0 spiro atoms. The van der Waals surface area contributed by atoms with Crippen LogP contribution in [0.1, 0.15) is 23.4 Å². The van der Waals surface area contributed by atoms with Gasteiger partial charge in [-0.3, -0.25) is 14.5 Å². The molecule has 8 nitrogen and oxygen atoms in total. The van der Waals surface area contributed by atoms with Crippen molar-refractivity contribution in [1.29, 1.82) is 0 Å². The number of hydrogen-bond donors (Lipinski definition) is 2. The van der Waals surface area contributed by atoms with Crippen molar-refractivity contribution in [2.24, 2.45) is 4.99 Å². The number of hydrogen-bond acceptors (Lipinski definition) is 4. The molecule has 1 amide bonds. The summed E-state index contributed by atoms with van der Waals surface area (Å²) in [5.41, 5.74) is 4.19. The smallest absolute Gasteiger partial charge is 0.229 e. The summed E-state index contributed by atoms with van der Waals surface area (Å²) in [6.07, 6.45) is 0.447. The van der Waals surface area contributed by atoms with Crippen LogP contribution in [0.5, 0.6) is 0 Å². The lowest BCUT2D eigenvalue weighted by Gasteiger charge is -2.19. The Kier molecular flexibility index (Phi) is 6.87. The molecule has 29 heavy (non-hydrogen) atoms. The highest BCUT2D eigenvalue weighted by atomic mass is 16.5. The lowest BCUT2D eigenvalue weighted by Crippen LogP contribution is -2.44. The third-order valence-corrected chi connectivity index (χ3v) is 5.23. The van der Waals surface area contributed by atoms with Crippen LogP contribution in [0.15, 0.2) is 35.3 Å². The molecule has 0 saturated carbocycles. The molecule has 0 aliphatic carbocycles. The highest BCUT2D eigenvalue weighted by Crippen LogP contribution is 2.21. The second-order valence-electron chi connectivity index (χ2n) is 7.18. The minimum Gasteiger partial charge on any atom is -0.383 e. The zero-order chi connectivity index (χ0) is 20.8. The summed E-state index contributed by atoms with van der Waals surface area (Å²) in [6, 6.07) is 9.77. The number of carbonyl (C=O) groups excluding carboxylic acids is 1. The van der Waals surface area contributed by atoms with Gasteiger partial charge in [0.15, 0.2) is 5.96 Å². The number of aryl methyl sites for hydroxylation is 1. The first-order chi connectivity index (χ1) is 14.0. The zero-order valence-corrected chi connectivity index (χ0v) is 17.6.